The average molecular weight is 259 g/mol. The number of hydrogen-bond donors (Lipinski definition) is 1. The first-order valence-corrected chi connectivity index (χ1v) is 7.06. The highest BCUT2D eigenvalue weighted by Crippen LogP contribution is 2.39. The van der Waals surface area contributed by atoms with Crippen LogP contribution in [0.15, 0.2) is 11.8 Å². The van der Waals surface area contributed by atoms with Gasteiger partial charge in [0.05, 0.1) is 12.6 Å². The molecule has 1 N–H and O–H groups in total. The van der Waals surface area contributed by atoms with Crippen LogP contribution in [0, 0.1) is 5.92 Å². The summed E-state index contributed by atoms with van der Waals surface area (Å²) in [4.78, 5) is 0. The van der Waals surface area contributed by atoms with Gasteiger partial charge < -0.3 is 10.1 Å². The summed E-state index contributed by atoms with van der Waals surface area (Å²) in [6, 6.07) is 0.131. The third-order valence-corrected chi connectivity index (χ3v) is 3.93. The summed E-state index contributed by atoms with van der Waals surface area (Å²) in [5.74, 6) is -1.18. The van der Waals surface area contributed by atoms with E-state index in [4.69, 9.17) is 4.74 Å². The molecule has 0 saturated heterocycles. The van der Waals surface area contributed by atoms with E-state index in [9.17, 15) is 8.78 Å². The second-order valence-electron chi connectivity index (χ2n) is 5.33. The summed E-state index contributed by atoms with van der Waals surface area (Å²) < 4.78 is 32.1. The molecule has 0 spiro atoms. The Bertz CT molecular complexity index is 294. The Morgan fingerprint density at radius 2 is 2.17 bits per heavy atom. The zero-order valence-electron chi connectivity index (χ0n) is 11.1. The lowest BCUT2D eigenvalue weighted by Gasteiger charge is -2.35. The van der Waals surface area contributed by atoms with Crippen molar-refractivity contribution < 1.29 is 13.5 Å². The van der Waals surface area contributed by atoms with Gasteiger partial charge in [-0.3, -0.25) is 0 Å². The molecule has 18 heavy (non-hydrogen) atoms. The predicted octanol–water partition coefficient (Wildman–Crippen LogP) is 3.48. The number of allylic oxidation sites excluding steroid dienone is 1. The number of alkyl halides is 2. The highest BCUT2D eigenvalue weighted by molar-refractivity contribution is 5.08. The van der Waals surface area contributed by atoms with Crippen molar-refractivity contribution in [3.8, 4) is 0 Å². The molecule has 1 fully saturated rings. The Balaban J connectivity index is 1.99. The summed E-state index contributed by atoms with van der Waals surface area (Å²) in [6.45, 7) is 3.66. The molecule has 1 atom stereocenters. The molecule has 0 aromatic heterocycles. The quantitative estimate of drug-likeness (QED) is 0.834. The fourth-order valence-electron chi connectivity index (χ4n) is 2.91. The van der Waals surface area contributed by atoms with Gasteiger partial charge in [0.15, 0.2) is 0 Å². The molecular formula is C14H23F2NO. The van der Waals surface area contributed by atoms with Crippen molar-refractivity contribution in [2.75, 3.05) is 13.2 Å². The SMILES string of the molecule is CCNC(C1=CCCCO1)C1CCC(F)(F)CC1. The van der Waals surface area contributed by atoms with Crippen molar-refractivity contribution in [1.29, 1.82) is 0 Å². The van der Waals surface area contributed by atoms with Crippen LogP contribution in [0.25, 0.3) is 0 Å². The Kier molecular flexibility index (Phi) is 4.60. The second-order valence-corrected chi connectivity index (χ2v) is 5.33. The topological polar surface area (TPSA) is 21.3 Å². The molecule has 104 valence electrons. The van der Waals surface area contributed by atoms with Gasteiger partial charge in [0.2, 0.25) is 5.92 Å². The third-order valence-electron chi connectivity index (χ3n) is 3.93. The van der Waals surface area contributed by atoms with Gasteiger partial charge in [-0.05, 0) is 44.2 Å². The molecule has 2 rings (SSSR count). The minimum absolute atomic E-state index is 0.0207. The number of likely N-dealkylation sites (N-methyl/N-ethyl adjacent to an activating group) is 1. The van der Waals surface area contributed by atoms with Gasteiger partial charge in [-0.1, -0.05) is 6.92 Å². The number of ether oxygens (including phenoxy) is 1. The maximum atomic E-state index is 13.2. The maximum Gasteiger partial charge on any atom is 0.248 e. The van der Waals surface area contributed by atoms with Crippen LogP contribution in [0.3, 0.4) is 0 Å². The molecule has 1 heterocycles. The predicted molar refractivity (Wildman–Crippen MR) is 67.6 cm³/mol. The highest BCUT2D eigenvalue weighted by Gasteiger charge is 2.38. The molecule has 2 aliphatic rings. The zero-order valence-corrected chi connectivity index (χ0v) is 11.1. The molecule has 1 unspecified atom stereocenters. The Morgan fingerprint density at radius 1 is 1.44 bits per heavy atom. The summed E-state index contributed by atoms with van der Waals surface area (Å²) in [5.41, 5.74) is 0. The summed E-state index contributed by atoms with van der Waals surface area (Å²) in [6.07, 6.45) is 5.45. The van der Waals surface area contributed by atoms with Gasteiger partial charge in [-0.2, -0.15) is 0 Å². The molecule has 0 aromatic rings. The van der Waals surface area contributed by atoms with Crippen LogP contribution in [0.1, 0.15) is 45.4 Å². The van der Waals surface area contributed by atoms with Crippen LogP contribution in [0.4, 0.5) is 8.78 Å². The van der Waals surface area contributed by atoms with Crippen molar-refractivity contribution in [2.24, 2.45) is 5.92 Å². The van der Waals surface area contributed by atoms with Gasteiger partial charge in [-0.15, -0.1) is 0 Å². The van der Waals surface area contributed by atoms with Crippen molar-refractivity contribution in [3.05, 3.63) is 11.8 Å². The van der Waals surface area contributed by atoms with E-state index in [1.54, 1.807) is 0 Å². The number of rotatable bonds is 4. The fraction of sp³-hybridized carbons (Fsp3) is 0.857. The zero-order chi connectivity index (χ0) is 13.0. The molecule has 0 bridgehead atoms. The molecule has 1 aliphatic heterocycles. The van der Waals surface area contributed by atoms with Gasteiger partial charge in [-0.25, -0.2) is 8.78 Å². The van der Waals surface area contributed by atoms with Crippen LogP contribution >= 0.6 is 0 Å². The first-order valence-electron chi connectivity index (χ1n) is 7.06. The van der Waals surface area contributed by atoms with Gasteiger partial charge in [0.1, 0.15) is 5.76 Å². The van der Waals surface area contributed by atoms with Crippen LogP contribution in [-0.2, 0) is 4.74 Å². The van der Waals surface area contributed by atoms with Gasteiger partial charge in [0, 0.05) is 12.8 Å². The summed E-state index contributed by atoms with van der Waals surface area (Å²) in [7, 11) is 0. The summed E-state index contributed by atoms with van der Waals surface area (Å²) in [5, 5.41) is 3.41. The largest absolute Gasteiger partial charge is 0.497 e. The van der Waals surface area contributed by atoms with Crippen molar-refractivity contribution >= 4 is 0 Å². The van der Waals surface area contributed by atoms with Gasteiger partial charge in [0.25, 0.3) is 0 Å². The van der Waals surface area contributed by atoms with Crippen LogP contribution in [0.2, 0.25) is 0 Å². The maximum absolute atomic E-state index is 13.2. The fourth-order valence-corrected chi connectivity index (χ4v) is 2.91. The Hall–Kier alpha value is -0.640. The molecule has 1 aliphatic carbocycles. The third kappa shape index (κ3) is 3.44. The Morgan fingerprint density at radius 3 is 2.72 bits per heavy atom. The van der Waals surface area contributed by atoms with Crippen LogP contribution in [-0.4, -0.2) is 25.1 Å². The molecule has 0 aromatic carbocycles. The normalized spacial score (nSPS) is 26.3. The van der Waals surface area contributed by atoms with Crippen molar-refractivity contribution in [2.45, 2.75) is 57.4 Å². The van der Waals surface area contributed by atoms with E-state index in [0.717, 1.165) is 31.8 Å². The molecule has 0 amide bonds. The smallest absolute Gasteiger partial charge is 0.248 e. The average Bonchev–Trinajstić information content (AvgIpc) is 2.38. The van der Waals surface area contributed by atoms with E-state index in [2.05, 4.69) is 11.4 Å². The monoisotopic (exact) mass is 259 g/mol. The van der Waals surface area contributed by atoms with E-state index < -0.39 is 5.92 Å². The van der Waals surface area contributed by atoms with Crippen LogP contribution in [0.5, 0.6) is 0 Å². The first kappa shape index (κ1) is 13.8. The van der Waals surface area contributed by atoms with Crippen molar-refractivity contribution in [3.63, 3.8) is 0 Å². The standard InChI is InChI=1S/C14H23F2NO/c1-2-17-13(12-5-3-4-10-18-12)11-6-8-14(15,16)9-7-11/h5,11,13,17H,2-4,6-10H2,1H3. The van der Waals surface area contributed by atoms with Crippen molar-refractivity contribution in [1.82, 2.24) is 5.32 Å². The van der Waals surface area contributed by atoms with E-state index in [-0.39, 0.29) is 24.8 Å². The van der Waals surface area contributed by atoms with E-state index in [1.807, 2.05) is 6.92 Å². The van der Waals surface area contributed by atoms with E-state index in [1.165, 1.54) is 0 Å². The minimum atomic E-state index is -2.45. The number of nitrogens with one attached hydrogen (secondary N) is 1. The molecule has 2 nitrogen and oxygen atoms in total. The minimum Gasteiger partial charge on any atom is -0.497 e. The van der Waals surface area contributed by atoms with E-state index >= 15 is 0 Å². The molecule has 0 radical (unpaired) electrons. The molecule has 4 heteroatoms. The van der Waals surface area contributed by atoms with Gasteiger partial charge >= 0.3 is 0 Å². The highest BCUT2D eigenvalue weighted by atomic mass is 19.3. The summed E-state index contributed by atoms with van der Waals surface area (Å²) >= 11 is 0. The van der Waals surface area contributed by atoms with Crippen LogP contribution < -0.4 is 5.32 Å². The lowest BCUT2D eigenvalue weighted by Crippen LogP contribution is -2.42. The first-order chi connectivity index (χ1) is 8.62. The Labute approximate surface area is 108 Å². The molecule has 1 saturated carbocycles. The number of halogens is 2. The number of hydrogen-bond acceptors (Lipinski definition) is 2. The lowest BCUT2D eigenvalue weighted by molar-refractivity contribution is -0.0503. The second kappa shape index (κ2) is 6.00. The lowest BCUT2D eigenvalue weighted by atomic mass is 9.81. The molecular weight excluding hydrogens is 236 g/mol. The van der Waals surface area contributed by atoms with E-state index in [0.29, 0.717) is 12.8 Å².